The number of benzene rings is 3. The molecule has 1 aliphatic carbocycles. The molecule has 1 N–H and O–H groups in total. The number of hydrogen-bond donors (Lipinski definition) is 1. The maximum atomic E-state index is 12.6. The Morgan fingerprint density at radius 2 is 1.71 bits per heavy atom. The van der Waals surface area contributed by atoms with E-state index in [0.29, 0.717) is 6.54 Å². The van der Waals surface area contributed by atoms with Crippen LogP contribution in [0.5, 0.6) is 0 Å². The van der Waals surface area contributed by atoms with Crippen LogP contribution in [0.1, 0.15) is 27.0 Å². The van der Waals surface area contributed by atoms with Crippen molar-refractivity contribution in [1.29, 1.82) is 0 Å². The SMILES string of the molecule is O=C(NCCc1ccc(Cl)cc1)c1ccc2c3c(cccc13)CC2. The van der Waals surface area contributed by atoms with Crippen LogP contribution in [0.25, 0.3) is 10.8 Å². The standard InChI is InChI=1S/C21H18ClNO/c22-17-9-4-14(5-10-17)12-13-23-21(24)19-11-8-16-7-6-15-2-1-3-18(19)20(15)16/h1-5,8-11H,6-7,12-13H2,(H,23,24). The molecule has 3 aromatic carbocycles. The summed E-state index contributed by atoms with van der Waals surface area (Å²) in [6.07, 6.45) is 2.95. The van der Waals surface area contributed by atoms with Gasteiger partial charge < -0.3 is 5.32 Å². The second kappa shape index (κ2) is 6.29. The normalized spacial score (nSPS) is 12.5. The highest BCUT2D eigenvalue weighted by molar-refractivity contribution is 6.30. The summed E-state index contributed by atoms with van der Waals surface area (Å²) < 4.78 is 0. The number of carbonyl (C=O) groups is 1. The largest absolute Gasteiger partial charge is 0.352 e. The van der Waals surface area contributed by atoms with E-state index in [0.717, 1.165) is 35.2 Å². The molecule has 3 heteroatoms. The Kier molecular flexibility index (Phi) is 3.99. The third-order valence-electron chi connectivity index (χ3n) is 4.73. The zero-order valence-corrected chi connectivity index (χ0v) is 14.1. The molecule has 0 heterocycles. The molecule has 0 aromatic heterocycles. The molecule has 0 spiro atoms. The van der Waals surface area contributed by atoms with Crippen molar-refractivity contribution in [3.8, 4) is 0 Å². The first-order valence-electron chi connectivity index (χ1n) is 8.28. The van der Waals surface area contributed by atoms with Crippen molar-refractivity contribution in [1.82, 2.24) is 5.32 Å². The van der Waals surface area contributed by atoms with Crippen molar-refractivity contribution in [2.24, 2.45) is 0 Å². The molecule has 0 unspecified atom stereocenters. The summed E-state index contributed by atoms with van der Waals surface area (Å²) >= 11 is 5.89. The lowest BCUT2D eigenvalue weighted by atomic mass is 9.99. The monoisotopic (exact) mass is 335 g/mol. The molecule has 0 saturated carbocycles. The molecular formula is C21H18ClNO. The fourth-order valence-electron chi connectivity index (χ4n) is 3.51. The van der Waals surface area contributed by atoms with Crippen LogP contribution in [0, 0.1) is 0 Å². The zero-order chi connectivity index (χ0) is 16.5. The van der Waals surface area contributed by atoms with E-state index in [1.807, 2.05) is 30.3 Å². The van der Waals surface area contributed by atoms with E-state index in [-0.39, 0.29) is 5.91 Å². The van der Waals surface area contributed by atoms with Gasteiger partial charge in [0.05, 0.1) is 0 Å². The molecular weight excluding hydrogens is 318 g/mol. The van der Waals surface area contributed by atoms with Gasteiger partial charge >= 0.3 is 0 Å². The predicted octanol–water partition coefficient (Wildman–Crippen LogP) is 4.56. The molecule has 1 amide bonds. The van der Waals surface area contributed by atoms with Gasteiger partial charge in [-0.05, 0) is 64.9 Å². The van der Waals surface area contributed by atoms with Crippen LogP contribution in [-0.4, -0.2) is 12.5 Å². The lowest BCUT2D eigenvalue weighted by Crippen LogP contribution is -2.25. The van der Waals surface area contributed by atoms with Gasteiger partial charge in [-0.15, -0.1) is 0 Å². The van der Waals surface area contributed by atoms with Crippen LogP contribution in [-0.2, 0) is 19.3 Å². The van der Waals surface area contributed by atoms with E-state index in [1.54, 1.807) is 0 Å². The lowest BCUT2D eigenvalue weighted by molar-refractivity contribution is 0.0956. The molecule has 3 aromatic rings. The van der Waals surface area contributed by atoms with Crippen molar-refractivity contribution in [2.45, 2.75) is 19.3 Å². The Hall–Kier alpha value is -2.32. The summed E-state index contributed by atoms with van der Waals surface area (Å²) in [5.41, 5.74) is 4.66. The van der Waals surface area contributed by atoms with Crippen LogP contribution in [0.3, 0.4) is 0 Å². The van der Waals surface area contributed by atoms with Crippen molar-refractivity contribution in [2.75, 3.05) is 6.54 Å². The number of amides is 1. The second-order valence-corrected chi connectivity index (χ2v) is 6.68. The van der Waals surface area contributed by atoms with E-state index in [9.17, 15) is 4.79 Å². The van der Waals surface area contributed by atoms with Crippen LogP contribution in [0.15, 0.2) is 54.6 Å². The first-order valence-corrected chi connectivity index (χ1v) is 8.66. The van der Waals surface area contributed by atoms with Gasteiger partial charge in [0.25, 0.3) is 5.91 Å². The molecule has 0 fully saturated rings. The second-order valence-electron chi connectivity index (χ2n) is 6.24. The topological polar surface area (TPSA) is 29.1 Å². The van der Waals surface area contributed by atoms with Gasteiger partial charge in [0, 0.05) is 17.1 Å². The summed E-state index contributed by atoms with van der Waals surface area (Å²) in [4.78, 5) is 12.6. The molecule has 24 heavy (non-hydrogen) atoms. The Balaban J connectivity index is 1.51. The first-order chi connectivity index (χ1) is 11.7. The number of carbonyl (C=O) groups excluding carboxylic acids is 1. The third kappa shape index (κ3) is 2.78. The van der Waals surface area contributed by atoms with E-state index >= 15 is 0 Å². The molecule has 1 aliphatic rings. The highest BCUT2D eigenvalue weighted by Crippen LogP contribution is 2.32. The smallest absolute Gasteiger partial charge is 0.251 e. The summed E-state index contributed by atoms with van der Waals surface area (Å²) in [5.74, 6) is -0.000404. The van der Waals surface area contributed by atoms with Gasteiger partial charge in [-0.1, -0.05) is 48.0 Å². The van der Waals surface area contributed by atoms with E-state index < -0.39 is 0 Å². The van der Waals surface area contributed by atoms with Crippen LogP contribution < -0.4 is 5.32 Å². The summed E-state index contributed by atoms with van der Waals surface area (Å²) in [6.45, 7) is 0.614. The Labute approximate surface area is 146 Å². The molecule has 0 atom stereocenters. The maximum absolute atomic E-state index is 12.6. The van der Waals surface area contributed by atoms with Crippen molar-refractivity contribution in [3.63, 3.8) is 0 Å². The highest BCUT2D eigenvalue weighted by Gasteiger charge is 2.18. The lowest BCUT2D eigenvalue weighted by Gasteiger charge is -2.10. The fraction of sp³-hybridized carbons (Fsp3) is 0.190. The van der Waals surface area contributed by atoms with Gasteiger partial charge in [0.15, 0.2) is 0 Å². The van der Waals surface area contributed by atoms with E-state index in [1.165, 1.54) is 22.1 Å². The third-order valence-corrected chi connectivity index (χ3v) is 4.99. The fourth-order valence-corrected chi connectivity index (χ4v) is 3.64. The van der Waals surface area contributed by atoms with Gasteiger partial charge in [-0.25, -0.2) is 0 Å². The number of halogens is 1. The minimum Gasteiger partial charge on any atom is -0.352 e. The minimum atomic E-state index is -0.000404. The molecule has 120 valence electrons. The molecule has 0 radical (unpaired) electrons. The minimum absolute atomic E-state index is 0.000404. The number of nitrogens with one attached hydrogen (secondary N) is 1. The van der Waals surface area contributed by atoms with E-state index in [4.69, 9.17) is 11.6 Å². The van der Waals surface area contributed by atoms with Crippen LogP contribution in [0.4, 0.5) is 0 Å². The average Bonchev–Trinajstić information content (AvgIpc) is 3.02. The van der Waals surface area contributed by atoms with Gasteiger partial charge in [0.2, 0.25) is 0 Å². The Morgan fingerprint density at radius 3 is 2.50 bits per heavy atom. The molecule has 0 aliphatic heterocycles. The summed E-state index contributed by atoms with van der Waals surface area (Å²) in [7, 11) is 0. The van der Waals surface area contributed by atoms with Crippen molar-refractivity contribution in [3.05, 3.63) is 81.9 Å². The molecule has 2 nitrogen and oxygen atoms in total. The summed E-state index contributed by atoms with van der Waals surface area (Å²) in [5, 5.41) is 6.13. The van der Waals surface area contributed by atoms with Gasteiger partial charge in [0.1, 0.15) is 0 Å². The van der Waals surface area contributed by atoms with Crippen LogP contribution in [0.2, 0.25) is 5.02 Å². The number of aryl methyl sites for hydroxylation is 2. The zero-order valence-electron chi connectivity index (χ0n) is 13.3. The van der Waals surface area contributed by atoms with Crippen molar-refractivity contribution < 1.29 is 4.79 Å². The average molecular weight is 336 g/mol. The molecule has 0 saturated heterocycles. The van der Waals surface area contributed by atoms with E-state index in [2.05, 4.69) is 29.6 Å². The Morgan fingerprint density at radius 1 is 0.958 bits per heavy atom. The quantitative estimate of drug-likeness (QED) is 0.743. The first kappa shape index (κ1) is 15.2. The van der Waals surface area contributed by atoms with Crippen molar-refractivity contribution >= 4 is 28.3 Å². The Bertz CT molecular complexity index is 905. The molecule has 0 bridgehead atoms. The maximum Gasteiger partial charge on any atom is 0.251 e. The highest BCUT2D eigenvalue weighted by atomic mass is 35.5. The number of hydrogen-bond acceptors (Lipinski definition) is 1. The van der Waals surface area contributed by atoms with Crippen LogP contribution >= 0.6 is 11.6 Å². The molecule has 4 rings (SSSR count). The summed E-state index contributed by atoms with van der Waals surface area (Å²) in [6, 6.07) is 18.1. The van der Waals surface area contributed by atoms with Gasteiger partial charge in [-0.2, -0.15) is 0 Å². The number of rotatable bonds is 4. The predicted molar refractivity (Wildman–Crippen MR) is 98.8 cm³/mol. The van der Waals surface area contributed by atoms with Gasteiger partial charge in [-0.3, -0.25) is 4.79 Å².